The molecule has 0 spiro atoms. The number of benzene rings is 1. The van der Waals surface area contributed by atoms with Gasteiger partial charge in [-0.2, -0.15) is 8.42 Å². The summed E-state index contributed by atoms with van der Waals surface area (Å²) in [7, 11) is -1.34. The third kappa shape index (κ3) is 4.15. The van der Waals surface area contributed by atoms with E-state index in [1.54, 1.807) is 4.90 Å². The first-order valence-electron chi connectivity index (χ1n) is 8.27. The van der Waals surface area contributed by atoms with Crippen molar-refractivity contribution >= 4 is 21.7 Å². The second-order valence-electron chi connectivity index (χ2n) is 6.82. The van der Waals surface area contributed by atoms with Crippen LogP contribution in [-0.2, 0) is 31.9 Å². The van der Waals surface area contributed by atoms with Gasteiger partial charge in [-0.1, -0.05) is 6.07 Å². The van der Waals surface area contributed by atoms with Crippen molar-refractivity contribution in [3.8, 4) is 0 Å². The summed E-state index contributed by atoms with van der Waals surface area (Å²) in [5.41, 5.74) is 3.57. The minimum absolute atomic E-state index is 0.0304. The lowest BCUT2D eigenvalue weighted by molar-refractivity contribution is -0.117. The number of hydrogen-bond donors (Lipinski definition) is 0. The summed E-state index contributed by atoms with van der Waals surface area (Å²) in [4.78, 5) is 16.4. The zero-order valence-electron chi connectivity index (χ0n) is 14.2. The summed E-state index contributed by atoms with van der Waals surface area (Å²) in [6.07, 6.45) is 3.38. The largest absolute Gasteiger partial charge is 0.312 e. The quantitative estimate of drug-likeness (QED) is 0.758. The molecule has 2 aliphatic rings. The highest BCUT2D eigenvalue weighted by Gasteiger charge is 2.31. The lowest BCUT2D eigenvalue weighted by Crippen LogP contribution is -2.25. The Morgan fingerprint density at radius 2 is 1.92 bits per heavy atom. The van der Waals surface area contributed by atoms with Crippen molar-refractivity contribution in [2.24, 2.45) is 5.92 Å². The highest BCUT2D eigenvalue weighted by Crippen LogP contribution is 2.28. The molecule has 0 aromatic heterocycles. The van der Waals surface area contributed by atoms with Crippen LogP contribution in [0, 0.1) is 5.92 Å². The molecule has 6 nitrogen and oxygen atoms in total. The molecule has 0 bridgehead atoms. The molecule has 24 heavy (non-hydrogen) atoms. The zero-order valence-corrected chi connectivity index (χ0v) is 15.0. The molecule has 0 N–H and O–H groups in total. The highest BCUT2D eigenvalue weighted by molar-refractivity contribution is 7.85. The molecule has 2 aliphatic heterocycles. The molecule has 1 amide bonds. The Morgan fingerprint density at radius 3 is 2.62 bits per heavy atom. The number of hydrogen-bond acceptors (Lipinski definition) is 5. The molecule has 1 fully saturated rings. The van der Waals surface area contributed by atoms with Gasteiger partial charge in [-0.05, 0) is 43.1 Å². The summed E-state index contributed by atoms with van der Waals surface area (Å²) in [6, 6.07) is 6.24. The molecule has 0 aliphatic carbocycles. The lowest BCUT2D eigenvalue weighted by Gasteiger charge is -2.19. The van der Waals surface area contributed by atoms with E-state index in [9.17, 15) is 13.2 Å². The summed E-state index contributed by atoms with van der Waals surface area (Å²) >= 11 is 0. The molecule has 0 radical (unpaired) electrons. The smallest absolute Gasteiger partial charge is 0.264 e. The molecule has 3 rings (SSSR count). The predicted molar refractivity (Wildman–Crippen MR) is 92.6 cm³/mol. The number of carbonyl (C=O) groups excluding carboxylic acids is 1. The average Bonchev–Trinajstić information content (AvgIpc) is 2.79. The topological polar surface area (TPSA) is 66.9 Å². The van der Waals surface area contributed by atoms with Gasteiger partial charge in [0.25, 0.3) is 10.1 Å². The number of anilines is 1. The molecule has 1 unspecified atom stereocenters. The number of rotatable bonds is 4. The van der Waals surface area contributed by atoms with E-state index in [0.29, 0.717) is 13.0 Å². The highest BCUT2D eigenvalue weighted by atomic mass is 32.2. The van der Waals surface area contributed by atoms with E-state index in [-0.39, 0.29) is 18.4 Å². The van der Waals surface area contributed by atoms with E-state index in [1.807, 2.05) is 6.07 Å². The Morgan fingerprint density at radius 1 is 1.21 bits per heavy atom. The van der Waals surface area contributed by atoms with Gasteiger partial charge in [-0.25, -0.2) is 0 Å². The van der Waals surface area contributed by atoms with Crippen molar-refractivity contribution in [3.05, 3.63) is 29.3 Å². The van der Waals surface area contributed by atoms with Crippen LogP contribution in [0.4, 0.5) is 5.69 Å². The Labute approximate surface area is 143 Å². The second kappa shape index (κ2) is 6.82. The summed E-state index contributed by atoms with van der Waals surface area (Å²) in [5, 5.41) is 0. The molecule has 1 aromatic carbocycles. The van der Waals surface area contributed by atoms with Gasteiger partial charge in [0.2, 0.25) is 5.91 Å². The Balaban J connectivity index is 1.72. The van der Waals surface area contributed by atoms with E-state index in [1.165, 1.54) is 11.1 Å². The van der Waals surface area contributed by atoms with Crippen molar-refractivity contribution in [1.29, 1.82) is 0 Å². The molecule has 0 saturated carbocycles. The van der Waals surface area contributed by atoms with Gasteiger partial charge in [0.1, 0.15) is 0 Å². The zero-order chi connectivity index (χ0) is 17.3. The van der Waals surface area contributed by atoms with Gasteiger partial charge in [0.15, 0.2) is 0 Å². The predicted octanol–water partition coefficient (Wildman–Crippen LogP) is 1.05. The van der Waals surface area contributed by atoms with Crippen molar-refractivity contribution in [2.45, 2.75) is 19.3 Å². The van der Waals surface area contributed by atoms with E-state index in [4.69, 9.17) is 4.18 Å². The molecular weight excluding hydrogens is 328 g/mol. The maximum absolute atomic E-state index is 12.3. The maximum atomic E-state index is 12.3. The molecule has 1 saturated heterocycles. The molecule has 1 atom stereocenters. The van der Waals surface area contributed by atoms with Crippen LogP contribution < -0.4 is 4.90 Å². The van der Waals surface area contributed by atoms with Crippen LogP contribution in [0.3, 0.4) is 0 Å². The molecule has 2 heterocycles. The first-order chi connectivity index (χ1) is 11.3. The van der Waals surface area contributed by atoms with Crippen molar-refractivity contribution in [2.75, 3.05) is 44.4 Å². The van der Waals surface area contributed by atoms with Crippen LogP contribution in [0.5, 0.6) is 0 Å². The minimum Gasteiger partial charge on any atom is -0.312 e. The van der Waals surface area contributed by atoms with Crippen LogP contribution >= 0.6 is 0 Å². The Bertz CT molecular complexity index is 732. The Hall–Kier alpha value is -1.44. The Kier molecular flexibility index (Phi) is 4.94. The van der Waals surface area contributed by atoms with Crippen molar-refractivity contribution < 1.29 is 17.4 Å². The van der Waals surface area contributed by atoms with Crippen molar-refractivity contribution in [3.63, 3.8) is 0 Å². The number of fused-ring (bicyclic) bond motifs is 1. The summed E-state index contributed by atoms with van der Waals surface area (Å²) in [5.74, 6) is -0.0556. The normalized spacial score (nSPS) is 22.5. The van der Waals surface area contributed by atoms with E-state index >= 15 is 0 Å². The minimum atomic E-state index is -3.47. The number of carbonyl (C=O) groups is 1. The molecular formula is C17H24N2O4S. The summed E-state index contributed by atoms with van der Waals surface area (Å²) < 4.78 is 27.1. The first-order valence-corrected chi connectivity index (χ1v) is 10.1. The average molecular weight is 352 g/mol. The van der Waals surface area contributed by atoms with Gasteiger partial charge in [-0.15, -0.1) is 0 Å². The maximum Gasteiger partial charge on any atom is 0.264 e. The van der Waals surface area contributed by atoms with Gasteiger partial charge >= 0.3 is 0 Å². The molecule has 132 valence electrons. The fourth-order valence-electron chi connectivity index (χ4n) is 3.35. The fraction of sp³-hybridized carbons (Fsp3) is 0.588. The van der Waals surface area contributed by atoms with Crippen LogP contribution in [0.2, 0.25) is 0 Å². The monoisotopic (exact) mass is 352 g/mol. The van der Waals surface area contributed by atoms with E-state index in [2.05, 4.69) is 24.1 Å². The van der Waals surface area contributed by atoms with Gasteiger partial charge < -0.3 is 9.80 Å². The number of amides is 1. The van der Waals surface area contributed by atoms with Gasteiger partial charge in [0, 0.05) is 37.7 Å². The van der Waals surface area contributed by atoms with E-state index < -0.39 is 10.1 Å². The third-order valence-electron chi connectivity index (χ3n) is 4.75. The van der Waals surface area contributed by atoms with Gasteiger partial charge in [-0.3, -0.25) is 8.98 Å². The van der Waals surface area contributed by atoms with Crippen LogP contribution in [0.15, 0.2) is 18.2 Å². The standard InChI is InChI=1S/C17H24N2O4S/c1-18-7-5-14-3-4-16(10-15(14)6-8-18)19-11-13(9-17(19)20)12-23-24(2,21)22/h3-4,10,13H,5-9,11-12H2,1-2H3. The molecule has 1 aromatic rings. The third-order valence-corrected chi connectivity index (χ3v) is 5.31. The van der Waals surface area contributed by atoms with Crippen LogP contribution in [0.1, 0.15) is 17.5 Å². The summed E-state index contributed by atoms with van der Waals surface area (Å²) in [6.45, 7) is 2.65. The lowest BCUT2D eigenvalue weighted by atomic mass is 10.0. The second-order valence-corrected chi connectivity index (χ2v) is 8.46. The van der Waals surface area contributed by atoms with E-state index in [0.717, 1.165) is 37.9 Å². The molecule has 7 heteroatoms. The van der Waals surface area contributed by atoms with Crippen molar-refractivity contribution in [1.82, 2.24) is 4.90 Å². The first kappa shape index (κ1) is 17.4. The fourth-order valence-corrected chi connectivity index (χ4v) is 3.79. The van der Waals surface area contributed by atoms with Crippen LogP contribution in [0.25, 0.3) is 0 Å². The SMILES string of the molecule is CN1CCc2ccc(N3CC(COS(C)(=O)=O)CC3=O)cc2CC1. The number of likely N-dealkylation sites (N-methyl/N-ethyl adjacent to an activating group) is 1. The van der Waals surface area contributed by atoms with Crippen LogP contribution in [-0.4, -0.2) is 58.8 Å². The van der Waals surface area contributed by atoms with Gasteiger partial charge in [0.05, 0.1) is 12.9 Å². The number of nitrogens with zero attached hydrogens (tertiary/aromatic N) is 2.